The van der Waals surface area contributed by atoms with E-state index in [1.54, 1.807) is 0 Å². The number of carbonyl (C=O) groups excluding carboxylic acids is 1. The van der Waals surface area contributed by atoms with Crippen LogP contribution in [0.2, 0.25) is 5.02 Å². The highest BCUT2D eigenvalue weighted by atomic mass is 35.5. The summed E-state index contributed by atoms with van der Waals surface area (Å²) in [6.45, 7) is 0. The molecule has 0 aliphatic heterocycles. The number of aldehydes is 1. The van der Waals surface area contributed by atoms with Crippen molar-refractivity contribution in [3.8, 4) is 0 Å². The molecule has 1 aromatic rings. The molecule has 1 rings (SSSR count). The Morgan fingerprint density at radius 1 is 1.20 bits per heavy atom. The molecule has 0 radical (unpaired) electrons. The standard InChI is InChI=1S/C7H3ClN2O5/c8-5-1-2-6(9(12)13)4(3-11)7(5)10(14)15/h1-3H. The van der Waals surface area contributed by atoms with Gasteiger partial charge in [-0.15, -0.1) is 0 Å². The van der Waals surface area contributed by atoms with Crippen LogP contribution in [0.4, 0.5) is 11.4 Å². The number of rotatable bonds is 3. The van der Waals surface area contributed by atoms with Crippen LogP contribution in [0.25, 0.3) is 0 Å². The molecule has 1 aromatic carbocycles. The van der Waals surface area contributed by atoms with Crippen molar-refractivity contribution < 1.29 is 14.6 Å². The topological polar surface area (TPSA) is 103 Å². The van der Waals surface area contributed by atoms with Crippen LogP contribution in [-0.4, -0.2) is 16.1 Å². The summed E-state index contributed by atoms with van der Waals surface area (Å²) in [5, 5.41) is 20.7. The van der Waals surface area contributed by atoms with Crippen LogP contribution in [0.15, 0.2) is 12.1 Å². The fourth-order valence-electron chi connectivity index (χ4n) is 1.03. The lowest BCUT2D eigenvalue weighted by atomic mass is 10.1. The summed E-state index contributed by atoms with van der Waals surface area (Å²) in [4.78, 5) is 29.7. The first-order chi connectivity index (χ1) is 6.99. The number of nitro groups is 2. The number of nitrogens with zero attached hydrogens (tertiary/aromatic N) is 2. The molecule has 8 heteroatoms. The van der Waals surface area contributed by atoms with Crippen molar-refractivity contribution in [2.45, 2.75) is 0 Å². The third-order valence-corrected chi connectivity index (χ3v) is 1.95. The molecule has 0 saturated carbocycles. The van der Waals surface area contributed by atoms with Gasteiger partial charge in [0.25, 0.3) is 5.69 Å². The third-order valence-electron chi connectivity index (χ3n) is 1.64. The summed E-state index contributed by atoms with van der Waals surface area (Å²) in [5.74, 6) is 0. The molecule has 0 amide bonds. The van der Waals surface area contributed by atoms with Gasteiger partial charge >= 0.3 is 5.69 Å². The van der Waals surface area contributed by atoms with Gasteiger partial charge in [-0.25, -0.2) is 0 Å². The SMILES string of the molecule is O=Cc1c([N+](=O)[O-])ccc(Cl)c1[N+](=O)[O-]. The van der Waals surface area contributed by atoms with Crippen LogP contribution in [0.5, 0.6) is 0 Å². The van der Waals surface area contributed by atoms with E-state index in [9.17, 15) is 25.0 Å². The second-order valence-electron chi connectivity index (χ2n) is 2.46. The zero-order valence-corrected chi connectivity index (χ0v) is 7.80. The van der Waals surface area contributed by atoms with Gasteiger partial charge in [0.2, 0.25) is 0 Å². The van der Waals surface area contributed by atoms with Crippen molar-refractivity contribution in [3.05, 3.63) is 42.9 Å². The summed E-state index contributed by atoms with van der Waals surface area (Å²) in [6, 6.07) is 1.95. The van der Waals surface area contributed by atoms with Gasteiger partial charge in [-0.05, 0) is 6.07 Å². The monoisotopic (exact) mass is 230 g/mol. The maximum absolute atomic E-state index is 10.5. The number of carbonyl (C=O) groups is 1. The minimum Gasteiger partial charge on any atom is -0.297 e. The quantitative estimate of drug-likeness (QED) is 0.448. The molecule has 0 fully saturated rings. The van der Waals surface area contributed by atoms with E-state index in [0.29, 0.717) is 0 Å². The zero-order chi connectivity index (χ0) is 11.6. The Labute approximate surface area is 87.6 Å². The molecule has 0 bridgehead atoms. The Hall–Kier alpha value is -2.02. The molecule has 0 atom stereocenters. The number of hydrogen-bond donors (Lipinski definition) is 0. The second kappa shape index (κ2) is 4.01. The van der Waals surface area contributed by atoms with E-state index < -0.39 is 26.8 Å². The average molecular weight is 231 g/mol. The van der Waals surface area contributed by atoms with Crippen molar-refractivity contribution in [2.75, 3.05) is 0 Å². The third kappa shape index (κ3) is 1.91. The van der Waals surface area contributed by atoms with E-state index >= 15 is 0 Å². The minimum absolute atomic E-state index is 0.0438. The molecule has 7 nitrogen and oxygen atoms in total. The smallest absolute Gasteiger partial charge is 0.297 e. The number of benzene rings is 1. The van der Waals surface area contributed by atoms with Crippen LogP contribution in [0, 0.1) is 20.2 Å². The molecule has 0 N–H and O–H groups in total. The average Bonchev–Trinajstić information content (AvgIpc) is 2.15. The van der Waals surface area contributed by atoms with E-state index in [1.165, 1.54) is 0 Å². The van der Waals surface area contributed by atoms with Gasteiger partial charge < -0.3 is 0 Å². The van der Waals surface area contributed by atoms with E-state index in [1.807, 2.05) is 0 Å². The Bertz CT molecular complexity index is 459. The first-order valence-corrected chi connectivity index (χ1v) is 3.93. The van der Waals surface area contributed by atoms with Crippen LogP contribution >= 0.6 is 11.6 Å². The van der Waals surface area contributed by atoms with Crippen LogP contribution in [-0.2, 0) is 0 Å². The maximum Gasteiger partial charge on any atom is 0.305 e. The van der Waals surface area contributed by atoms with Crippen LogP contribution < -0.4 is 0 Å². The highest BCUT2D eigenvalue weighted by molar-refractivity contribution is 6.33. The molecule has 0 saturated heterocycles. The van der Waals surface area contributed by atoms with Gasteiger partial charge in [0.05, 0.1) is 9.85 Å². The Morgan fingerprint density at radius 2 is 1.80 bits per heavy atom. The summed E-state index contributed by atoms with van der Waals surface area (Å²) < 4.78 is 0. The van der Waals surface area contributed by atoms with Gasteiger partial charge in [0.1, 0.15) is 5.02 Å². The molecule has 0 aromatic heterocycles. The Morgan fingerprint density at radius 3 is 2.20 bits per heavy atom. The summed E-state index contributed by atoms with van der Waals surface area (Å²) in [7, 11) is 0. The van der Waals surface area contributed by atoms with E-state index in [0.717, 1.165) is 12.1 Å². The molecule has 0 aliphatic rings. The van der Waals surface area contributed by atoms with Gasteiger partial charge in [-0.1, -0.05) is 11.6 Å². The van der Waals surface area contributed by atoms with Crippen molar-refractivity contribution in [2.24, 2.45) is 0 Å². The van der Waals surface area contributed by atoms with E-state index in [4.69, 9.17) is 11.6 Å². The summed E-state index contributed by atoms with van der Waals surface area (Å²) >= 11 is 5.46. The minimum atomic E-state index is -0.931. The van der Waals surface area contributed by atoms with E-state index in [-0.39, 0.29) is 11.3 Å². The molecule has 78 valence electrons. The second-order valence-corrected chi connectivity index (χ2v) is 2.87. The fourth-order valence-corrected chi connectivity index (χ4v) is 1.27. The highest BCUT2D eigenvalue weighted by Gasteiger charge is 2.27. The fraction of sp³-hybridized carbons (Fsp3) is 0. The number of hydrogen-bond acceptors (Lipinski definition) is 5. The van der Waals surface area contributed by atoms with Gasteiger partial charge in [0.15, 0.2) is 11.8 Å². The van der Waals surface area contributed by atoms with Gasteiger partial charge in [0, 0.05) is 6.07 Å². The molecule has 0 unspecified atom stereocenters. The lowest BCUT2D eigenvalue weighted by Gasteiger charge is -1.99. The molecule has 0 heterocycles. The Kier molecular flexibility index (Phi) is 2.96. The van der Waals surface area contributed by atoms with E-state index in [2.05, 4.69) is 0 Å². The van der Waals surface area contributed by atoms with Gasteiger partial charge in [-0.2, -0.15) is 0 Å². The van der Waals surface area contributed by atoms with Crippen molar-refractivity contribution >= 4 is 29.3 Å². The normalized spacial score (nSPS) is 9.67. The highest BCUT2D eigenvalue weighted by Crippen LogP contribution is 2.33. The Balaban J connectivity index is 3.61. The number of nitro benzene ring substituents is 2. The molecule has 0 aliphatic carbocycles. The van der Waals surface area contributed by atoms with Crippen molar-refractivity contribution in [3.63, 3.8) is 0 Å². The lowest BCUT2D eigenvalue weighted by molar-refractivity contribution is -0.394. The van der Waals surface area contributed by atoms with Crippen LogP contribution in [0.3, 0.4) is 0 Å². The molecular weight excluding hydrogens is 228 g/mol. The molecule has 15 heavy (non-hydrogen) atoms. The number of halogens is 1. The van der Waals surface area contributed by atoms with Crippen LogP contribution in [0.1, 0.15) is 10.4 Å². The molecular formula is C7H3ClN2O5. The van der Waals surface area contributed by atoms with Crippen molar-refractivity contribution in [1.29, 1.82) is 0 Å². The predicted octanol–water partition coefficient (Wildman–Crippen LogP) is 1.97. The summed E-state index contributed by atoms with van der Waals surface area (Å²) in [5.41, 5.74) is -2.01. The first-order valence-electron chi connectivity index (χ1n) is 3.55. The zero-order valence-electron chi connectivity index (χ0n) is 7.05. The first kappa shape index (κ1) is 11.1. The predicted molar refractivity (Wildman–Crippen MR) is 50.1 cm³/mol. The largest absolute Gasteiger partial charge is 0.305 e. The molecule has 0 spiro atoms. The van der Waals surface area contributed by atoms with Gasteiger partial charge in [-0.3, -0.25) is 25.0 Å². The lowest BCUT2D eigenvalue weighted by Crippen LogP contribution is -2.00. The summed E-state index contributed by atoms with van der Waals surface area (Å²) in [6.07, 6.45) is 0.0438. The van der Waals surface area contributed by atoms with Crippen molar-refractivity contribution in [1.82, 2.24) is 0 Å². The maximum atomic E-state index is 10.5.